The van der Waals surface area contributed by atoms with Gasteiger partial charge in [-0.2, -0.15) is 11.0 Å². The Kier molecular flexibility index (Phi) is 10.0. The molecule has 0 unspecified atom stereocenters. The smallest absolute Gasteiger partial charge is 0.155 e. The molecule has 0 saturated heterocycles. The quantitative estimate of drug-likeness (QED) is 0.175. The highest BCUT2D eigenvalue weighted by Gasteiger charge is 2.08. The van der Waals surface area contributed by atoms with Crippen LogP contribution in [0.3, 0.4) is 0 Å². The maximum absolute atomic E-state index is 5.80. The molecule has 8 heteroatoms. The Bertz CT molecular complexity index is 1210. The lowest BCUT2D eigenvalue weighted by atomic mass is 10.1. The van der Waals surface area contributed by atoms with Crippen LogP contribution in [0.15, 0.2) is 72.8 Å². The van der Waals surface area contributed by atoms with Gasteiger partial charge in [0.2, 0.25) is 0 Å². The molecule has 0 aromatic heterocycles. The molecule has 0 saturated carbocycles. The molecule has 4 aromatic rings. The van der Waals surface area contributed by atoms with E-state index in [-0.39, 0.29) is 0 Å². The van der Waals surface area contributed by atoms with Crippen LogP contribution in [-0.2, 0) is 9.47 Å². The number of nitrogens with zero attached hydrogens (tertiary/aromatic N) is 2. The SMILES string of the molecule is CN(C)c1cccc2c(ONCCOCCOCCNOc3cccc4c(N(C)C)cccc34)cccc12. The third-order valence-corrected chi connectivity index (χ3v) is 6.11. The minimum Gasteiger partial charge on any atom is -0.408 e. The van der Waals surface area contributed by atoms with Crippen molar-refractivity contribution in [1.29, 1.82) is 0 Å². The highest BCUT2D eigenvalue weighted by atomic mass is 16.7. The Morgan fingerprint density at radius 3 is 1.32 bits per heavy atom. The molecule has 0 spiro atoms. The number of fused-ring (bicyclic) bond motifs is 2. The van der Waals surface area contributed by atoms with Gasteiger partial charge in [0, 0.05) is 61.1 Å². The number of hydrogen-bond donors (Lipinski definition) is 2. The van der Waals surface area contributed by atoms with Gasteiger partial charge in [0.05, 0.1) is 39.5 Å². The predicted octanol–water partition coefficient (Wildman–Crippen LogP) is 4.63. The van der Waals surface area contributed by atoms with E-state index in [4.69, 9.17) is 19.1 Å². The van der Waals surface area contributed by atoms with Crippen molar-refractivity contribution >= 4 is 32.9 Å². The van der Waals surface area contributed by atoms with Crippen LogP contribution in [0, 0.1) is 0 Å². The summed E-state index contributed by atoms with van der Waals surface area (Å²) in [6.45, 7) is 3.21. The van der Waals surface area contributed by atoms with E-state index in [0.29, 0.717) is 39.5 Å². The molecule has 0 amide bonds. The van der Waals surface area contributed by atoms with Crippen LogP contribution >= 0.6 is 0 Å². The fourth-order valence-electron chi connectivity index (χ4n) is 4.29. The maximum atomic E-state index is 5.80. The number of nitrogens with one attached hydrogen (secondary N) is 2. The number of hydroxylamine groups is 2. The first-order valence-electron chi connectivity index (χ1n) is 12.9. The molecule has 0 radical (unpaired) electrons. The van der Waals surface area contributed by atoms with Gasteiger partial charge in [-0.3, -0.25) is 0 Å². The molecule has 0 atom stereocenters. The Hall–Kier alpha value is -3.56. The van der Waals surface area contributed by atoms with Crippen molar-refractivity contribution in [2.45, 2.75) is 0 Å². The van der Waals surface area contributed by atoms with E-state index >= 15 is 0 Å². The molecule has 4 aromatic carbocycles. The van der Waals surface area contributed by atoms with Crippen molar-refractivity contribution in [3.05, 3.63) is 72.8 Å². The highest BCUT2D eigenvalue weighted by molar-refractivity contribution is 5.98. The summed E-state index contributed by atoms with van der Waals surface area (Å²) >= 11 is 0. The van der Waals surface area contributed by atoms with Crippen molar-refractivity contribution < 1.29 is 19.1 Å². The van der Waals surface area contributed by atoms with Gasteiger partial charge < -0.3 is 28.9 Å². The van der Waals surface area contributed by atoms with E-state index in [9.17, 15) is 0 Å². The van der Waals surface area contributed by atoms with E-state index < -0.39 is 0 Å². The highest BCUT2D eigenvalue weighted by Crippen LogP contribution is 2.32. The average molecular weight is 519 g/mol. The molecule has 8 nitrogen and oxygen atoms in total. The van der Waals surface area contributed by atoms with E-state index in [1.165, 1.54) is 0 Å². The molecule has 0 bridgehead atoms. The van der Waals surface area contributed by atoms with Crippen molar-refractivity contribution in [2.24, 2.45) is 0 Å². The summed E-state index contributed by atoms with van der Waals surface area (Å²) in [5.41, 5.74) is 8.30. The molecule has 202 valence electrons. The first-order valence-corrected chi connectivity index (χ1v) is 12.9. The van der Waals surface area contributed by atoms with Crippen LogP contribution in [-0.4, -0.2) is 67.7 Å². The molecule has 0 aliphatic heterocycles. The summed E-state index contributed by atoms with van der Waals surface area (Å²) in [5.74, 6) is 1.59. The van der Waals surface area contributed by atoms with Crippen molar-refractivity contribution in [2.75, 3.05) is 77.5 Å². The third kappa shape index (κ3) is 7.05. The number of rotatable bonds is 15. The van der Waals surface area contributed by atoms with Crippen LogP contribution in [0.2, 0.25) is 0 Å². The molecule has 0 fully saturated rings. The zero-order valence-corrected chi connectivity index (χ0v) is 22.7. The lowest BCUT2D eigenvalue weighted by Crippen LogP contribution is -2.25. The van der Waals surface area contributed by atoms with E-state index in [2.05, 4.69) is 57.2 Å². The lowest BCUT2D eigenvalue weighted by molar-refractivity contribution is 0.0343. The fraction of sp³-hybridized carbons (Fsp3) is 0.333. The van der Waals surface area contributed by atoms with E-state index in [1.807, 2.05) is 64.6 Å². The maximum Gasteiger partial charge on any atom is 0.155 e. The van der Waals surface area contributed by atoms with Crippen LogP contribution in [0.25, 0.3) is 21.5 Å². The van der Waals surface area contributed by atoms with Gasteiger partial charge in [0.25, 0.3) is 0 Å². The fourth-order valence-corrected chi connectivity index (χ4v) is 4.29. The zero-order chi connectivity index (χ0) is 26.7. The van der Waals surface area contributed by atoms with Crippen LogP contribution in [0.1, 0.15) is 0 Å². The van der Waals surface area contributed by atoms with E-state index in [1.54, 1.807) is 0 Å². The van der Waals surface area contributed by atoms with Crippen LogP contribution < -0.4 is 30.4 Å². The lowest BCUT2D eigenvalue weighted by Gasteiger charge is -2.17. The summed E-state index contributed by atoms with van der Waals surface area (Å²) in [6.07, 6.45) is 0. The number of ether oxygens (including phenoxy) is 2. The molecular formula is C30H38N4O4. The topological polar surface area (TPSA) is 67.5 Å². The van der Waals surface area contributed by atoms with Gasteiger partial charge in [-0.1, -0.05) is 48.5 Å². The Morgan fingerprint density at radius 1 is 0.500 bits per heavy atom. The van der Waals surface area contributed by atoms with Crippen molar-refractivity contribution in [3.63, 3.8) is 0 Å². The number of benzene rings is 4. The Morgan fingerprint density at radius 2 is 0.895 bits per heavy atom. The van der Waals surface area contributed by atoms with Gasteiger partial charge in [0.1, 0.15) is 0 Å². The first kappa shape index (κ1) is 27.5. The summed E-state index contributed by atoms with van der Waals surface area (Å²) in [6, 6.07) is 24.6. The number of anilines is 2. The summed E-state index contributed by atoms with van der Waals surface area (Å²) < 4.78 is 11.3. The predicted molar refractivity (Wildman–Crippen MR) is 155 cm³/mol. The van der Waals surface area contributed by atoms with Gasteiger partial charge in [-0.15, -0.1) is 0 Å². The molecule has 4 rings (SSSR count). The second-order valence-electron chi connectivity index (χ2n) is 9.26. The zero-order valence-electron chi connectivity index (χ0n) is 22.7. The van der Waals surface area contributed by atoms with Gasteiger partial charge in [-0.25, -0.2) is 0 Å². The van der Waals surface area contributed by atoms with Gasteiger partial charge >= 0.3 is 0 Å². The van der Waals surface area contributed by atoms with Crippen LogP contribution in [0.4, 0.5) is 11.4 Å². The van der Waals surface area contributed by atoms with Crippen molar-refractivity contribution in [3.8, 4) is 11.5 Å². The normalized spacial score (nSPS) is 11.2. The van der Waals surface area contributed by atoms with E-state index in [0.717, 1.165) is 44.4 Å². The second kappa shape index (κ2) is 13.8. The number of hydrogen-bond acceptors (Lipinski definition) is 8. The van der Waals surface area contributed by atoms with Gasteiger partial charge in [-0.05, 0) is 24.3 Å². The average Bonchev–Trinajstić information content (AvgIpc) is 2.92. The minimum atomic E-state index is 0.514. The molecular weight excluding hydrogens is 480 g/mol. The summed E-state index contributed by atoms with van der Waals surface area (Å²) in [7, 11) is 8.16. The second-order valence-corrected chi connectivity index (χ2v) is 9.26. The van der Waals surface area contributed by atoms with Gasteiger partial charge in [0.15, 0.2) is 11.5 Å². The van der Waals surface area contributed by atoms with Crippen LogP contribution in [0.5, 0.6) is 11.5 Å². The molecule has 0 aliphatic carbocycles. The molecule has 0 aliphatic rings. The van der Waals surface area contributed by atoms with Crippen molar-refractivity contribution in [1.82, 2.24) is 11.0 Å². The third-order valence-electron chi connectivity index (χ3n) is 6.11. The monoisotopic (exact) mass is 518 g/mol. The Balaban J connectivity index is 1.08. The molecule has 38 heavy (non-hydrogen) atoms. The first-order chi connectivity index (χ1) is 18.6. The summed E-state index contributed by atoms with van der Waals surface area (Å²) in [4.78, 5) is 15.8. The minimum absolute atomic E-state index is 0.514. The Labute approximate surface area is 224 Å². The summed E-state index contributed by atoms with van der Waals surface area (Å²) in [5, 5.41) is 4.44. The largest absolute Gasteiger partial charge is 0.408 e. The molecule has 2 N–H and O–H groups in total. The molecule has 0 heterocycles. The standard InChI is InChI=1S/C30H38N4O4/c1-33(2)27-13-5-11-25-23(27)9-7-15-29(25)37-31-17-19-35-21-22-36-20-18-32-38-30-16-8-10-24-26(30)12-6-14-28(24)34(3)4/h5-16,31-32H,17-22H2,1-4H3.